The van der Waals surface area contributed by atoms with Crippen LogP contribution in [-0.2, 0) is 33.3 Å². The van der Waals surface area contributed by atoms with Gasteiger partial charge in [-0.15, -0.1) is 0 Å². The molecule has 0 spiro atoms. The molecule has 0 saturated carbocycles. The lowest BCUT2D eigenvalue weighted by molar-refractivity contribution is -0.870. The van der Waals surface area contributed by atoms with Crippen LogP contribution in [0.4, 0.5) is 0 Å². The average molecular weight is 938 g/mol. The fourth-order valence-electron chi connectivity index (χ4n) is 7.00. The summed E-state index contributed by atoms with van der Waals surface area (Å²) < 4.78 is 22.6. The second-order valence-corrected chi connectivity index (χ2v) is 18.8. The lowest BCUT2D eigenvalue weighted by Crippen LogP contribution is -2.44. The molecule has 0 aromatic rings. The van der Waals surface area contributed by atoms with Crippen molar-refractivity contribution < 1.29 is 42.9 Å². The molecule has 0 aliphatic carbocycles. The molecular formula is C58H99NO8. The fourth-order valence-corrected chi connectivity index (χ4v) is 7.00. The van der Waals surface area contributed by atoms with Crippen molar-refractivity contribution in [1.82, 2.24) is 0 Å². The Morgan fingerprint density at radius 3 is 1.28 bits per heavy atom. The molecule has 0 heterocycles. The molecular weight excluding hydrogens is 839 g/mol. The van der Waals surface area contributed by atoms with Gasteiger partial charge in [0.2, 0.25) is 0 Å². The summed E-state index contributed by atoms with van der Waals surface area (Å²) in [6.45, 7) is 4.59. The van der Waals surface area contributed by atoms with E-state index in [4.69, 9.17) is 18.9 Å². The zero-order valence-electron chi connectivity index (χ0n) is 43.5. The van der Waals surface area contributed by atoms with Crippen LogP contribution >= 0.6 is 0 Å². The van der Waals surface area contributed by atoms with Crippen molar-refractivity contribution in [2.75, 3.05) is 47.5 Å². The van der Waals surface area contributed by atoms with E-state index in [-0.39, 0.29) is 38.6 Å². The quantitative estimate of drug-likeness (QED) is 0.0195. The molecule has 9 heteroatoms. The molecule has 0 radical (unpaired) electrons. The molecule has 0 saturated heterocycles. The van der Waals surface area contributed by atoms with Crippen molar-refractivity contribution in [1.29, 1.82) is 0 Å². The van der Waals surface area contributed by atoms with Crippen LogP contribution in [0.3, 0.4) is 0 Å². The van der Waals surface area contributed by atoms with Crippen molar-refractivity contribution >= 4 is 17.9 Å². The standard InChI is InChI=1S/C58H99NO8/c1-6-8-10-12-14-16-18-20-21-22-23-24-25-26-27-28-29-30-31-32-33-34-35-37-39-41-43-45-47-49-56(61)67-54(53-66-58(57(62)63)64-51-50-59(3,4)5)52-65-55(60)48-46-44-42-40-38-36-19-17-15-13-11-9-7-2/h8,10,14,16-17,19-21,23-24,26-27,29-30,54,58H,6-7,9,11-13,15,18,22,25,28,31-53H2,1-5H3/b10-8-,16-14-,19-17-,21-20-,24-23-,27-26-,30-29-. The number of esters is 2. The van der Waals surface area contributed by atoms with Crippen LogP contribution in [0, 0.1) is 0 Å². The molecule has 0 N–H and O–H groups in total. The van der Waals surface area contributed by atoms with Crippen molar-refractivity contribution in [3.63, 3.8) is 0 Å². The second-order valence-electron chi connectivity index (χ2n) is 18.8. The van der Waals surface area contributed by atoms with Crippen LogP contribution in [0.5, 0.6) is 0 Å². The predicted octanol–water partition coefficient (Wildman–Crippen LogP) is 13.9. The Morgan fingerprint density at radius 1 is 0.463 bits per heavy atom. The van der Waals surface area contributed by atoms with Gasteiger partial charge in [0.1, 0.15) is 13.2 Å². The van der Waals surface area contributed by atoms with Gasteiger partial charge < -0.3 is 33.3 Å². The normalized spacial score (nSPS) is 13.5. The summed E-state index contributed by atoms with van der Waals surface area (Å²) in [5.74, 6) is -2.31. The van der Waals surface area contributed by atoms with Gasteiger partial charge in [-0.2, -0.15) is 0 Å². The van der Waals surface area contributed by atoms with Gasteiger partial charge in [0.05, 0.1) is 40.3 Å². The van der Waals surface area contributed by atoms with Gasteiger partial charge in [0, 0.05) is 12.8 Å². The third-order valence-electron chi connectivity index (χ3n) is 11.1. The number of hydrogen-bond donors (Lipinski definition) is 0. The Labute approximate surface area is 410 Å². The largest absolute Gasteiger partial charge is 0.545 e. The number of quaternary nitrogens is 1. The van der Waals surface area contributed by atoms with Crippen LogP contribution in [0.2, 0.25) is 0 Å². The summed E-state index contributed by atoms with van der Waals surface area (Å²) in [6, 6.07) is 0. The van der Waals surface area contributed by atoms with Crippen molar-refractivity contribution in [3.8, 4) is 0 Å². The average Bonchev–Trinajstić information content (AvgIpc) is 3.29. The van der Waals surface area contributed by atoms with Crippen molar-refractivity contribution in [2.24, 2.45) is 0 Å². The van der Waals surface area contributed by atoms with Crippen molar-refractivity contribution in [3.05, 3.63) is 85.1 Å². The number of carbonyl (C=O) groups is 3. The van der Waals surface area contributed by atoms with E-state index >= 15 is 0 Å². The second kappa shape index (κ2) is 48.9. The molecule has 67 heavy (non-hydrogen) atoms. The molecule has 2 unspecified atom stereocenters. The number of likely N-dealkylation sites (N-methyl/N-ethyl adjacent to an activating group) is 1. The van der Waals surface area contributed by atoms with E-state index in [0.29, 0.717) is 17.4 Å². The van der Waals surface area contributed by atoms with Gasteiger partial charge in [-0.05, 0) is 89.9 Å². The molecule has 0 aromatic carbocycles. The first-order valence-corrected chi connectivity index (χ1v) is 26.7. The van der Waals surface area contributed by atoms with Gasteiger partial charge in [-0.25, -0.2) is 0 Å². The first kappa shape index (κ1) is 63.5. The van der Waals surface area contributed by atoms with Crippen LogP contribution in [0.1, 0.15) is 206 Å². The summed E-state index contributed by atoms with van der Waals surface area (Å²) in [5.41, 5.74) is 0. The predicted molar refractivity (Wildman–Crippen MR) is 278 cm³/mol. The number of nitrogens with zero attached hydrogens (tertiary/aromatic N) is 1. The summed E-state index contributed by atoms with van der Waals surface area (Å²) in [4.78, 5) is 37.1. The first-order valence-electron chi connectivity index (χ1n) is 26.7. The molecule has 0 aromatic heterocycles. The van der Waals surface area contributed by atoms with Gasteiger partial charge >= 0.3 is 11.9 Å². The summed E-state index contributed by atoms with van der Waals surface area (Å²) in [6.07, 6.45) is 60.5. The van der Waals surface area contributed by atoms with Crippen molar-refractivity contribution in [2.45, 2.75) is 219 Å². The zero-order valence-corrected chi connectivity index (χ0v) is 43.5. The SMILES string of the molecule is CC/C=C\C/C=C\C/C=C\C/C=C\C/C=C\C/C=C\CCCCCCCCCCCCC(=O)OC(COC(=O)CCCCCCC/C=C\CCCCCC)COC(OCC[N+](C)(C)C)C(=O)[O-]. The number of carboxylic acid groups (broad SMARTS) is 1. The molecule has 0 aliphatic heterocycles. The smallest absolute Gasteiger partial charge is 0.306 e. The number of unbranched alkanes of at least 4 members (excludes halogenated alkanes) is 19. The van der Waals surface area contributed by atoms with E-state index in [1.807, 2.05) is 21.1 Å². The zero-order chi connectivity index (χ0) is 49.2. The maximum atomic E-state index is 12.8. The minimum Gasteiger partial charge on any atom is -0.545 e. The Hall–Kier alpha value is -3.53. The minimum atomic E-state index is -1.63. The number of allylic oxidation sites excluding steroid dienone is 14. The first-order chi connectivity index (χ1) is 32.6. The van der Waals surface area contributed by atoms with Crippen LogP contribution in [-0.4, -0.2) is 82.3 Å². The van der Waals surface area contributed by atoms with E-state index in [1.54, 1.807) is 0 Å². The highest BCUT2D eigenvalue weighted by Crippen LogP contribution is 2.14. The molecule has 0 fully saturated rings. The van der Waals surface area contributed by atoms with Crippen LogP contribution in [0.15, 0.2) is 85.1 Å². The van der Waals surface area contributed by atoms with Gasteiger partial charge in [0.15, 0.2) is 12.4 Å². The Balaban J connectivity index is 4.26. The third-order valence-corrected chi connectivity index (χ3v) is 11.1. The summed E-state index contributed by atoms with van der Waals surface area (Å²) >= 11 is 0. The lowest BCUT2D eigenvalue weighted by Gasteiger charge is -2.26. The highest BCUT2D eigenvalue weighted by molar-refractivity contribution is 5.70. The minimum absolute atomic E-state index is 0.142. The van der Waals surface area contributed by atoms with E-state index in [2.05, 4.69) is 98.9 Å². The van der Waals surface area contributed by atoms with E-state index in [9.17, 15) is 19.5 Å². The maximum Gasteiger partial charge on any atom is 0.306 e. The number of ether oxygens (including phenoxy) is 4. The topological polar surface area (TPSA) is 111 Å². The van der Waals surface area contributed by atoms with Gasteiger partial charge in [0.25, 0.3) is 0 Å². The van der Waals surface area contributed by atoms with Gasteiger partial charge in [-0.1, -0.05) is 189 Å². The lowest BCUT2D eigenvalue weighted by atomic mass is 10.0. The van der Waals surface area contributed by atoms with E-state index < -0.39 is 24.3 Å². The highest BCUT2D eigenvalue weighted by atomic mass is 16.7. The Morgan fingerprint density at radius 2 is 0.851 bits per heavy atom. The van der Waals surface area contributed by atoms with Crippen LogP contribution in [0.25, 0.3) is 0 Å². The number of hydrogen-bond acceptors (Lipinski definition) is 8. The highest BCUT2D eigenvalue weighted by Gasteiger charge is 2.22. The van der Waals surface area contributed by atoms with E-state index in [1.165, 1.54) is 70.6 Å². The Bertz CT molecular complexity index is 1370. The van der Waals surface area contributed by atoms with Crippen LogP contribution < -0.4 is 5.11 Å². The number of carboxylic acids is 1. The number of aliphatic carboxylic acids is 1. The number of carbonyl (C=O) groups excluding carboxylic acids is 3. The molecule has 0 bridgehead atoms. The molecule has 384 valence electrons. The van der Waals surface area contributed by atoms with E-state index in [0.717, 1.165) is 103 Å². The Kier molecular flexibility index (Phi) is 46.3. The maximum absolute atomic E-state index is 12.8. The molecule has 0 aliphatic rings. The molecule has 9 nitrogen and oxygen atoms in total. The van der Waals surface area contributed by atoms with Gasteiger partial charge in [-0.3, -0.25) is 9.59 Å². The monoisotopic (exact) mass is 938 g/mol. The summed E-state index contributed by atoms with van der Waals surface area (Å²) in [7, 11) is 5.91. The molecule has 0 rings (SSSR count). The summed E-state index contributed by atoms with van der Waals surface area (Å²) in [5, 5.41) is 11.7. The fraction of sp³-hybridized carbons (Fsp3) is 0.707. The molecule has 0 amide bonds. The molecule has 2 atom stereocenters. The number of rotatable bonds is 48. The third kappa shape index (κ3) is 50.2.